The van der Waals surface area contributed by atoms with Gasteiger partial charge in [-0.15, -0.1) is 0 Å². The van der Waals surface area contributed by atoms with E-state index in [1.807, 2.05) is 0 Å². The lowest BCUT2D eigenvalue weighted by Crippen LogP contribution is -2.33. The molecule has 3 rings (SSSR count). The van der Waals surface area contributed by atoms with Crippen molar-refractivity contribution in [2.45, 2.75) is 31.2 Å². The predicted molar refractivity (Wildman–Crippen MR) is 55.4 cm³/mol. The number of hydrogen-bond acceptors (Lipinski definition) is 2. The van der Waals surface area contributed by atoms with Crippen LogP contribution in [-0.2, 0) is 4.79 Å². The third-order valence-corrected chi connectivity index (χ3v) is 3.41. The van der Waals surface area contributed by atoms with Crippen molar-refractivity contribution in [1.82, 2.24) is 0 Å². The fraction of sp³-hybridized carbons (Fsp3) is 0.417. The molecule has 0 amide bonds. The molecule has 0 spiro atoms. The van der Waals surface area contributed by atoms with Crippen LogP contribution < -0.4 is 5.32 Å². The summed E-state index contributed by atoms with van der Waals surface area (Å²) in [4.78, 5) is 11.7. The molecule has 0 radical (unpaired) electrons. The van der Waals surface area contributed by atoms with Crippen LogP contribution in [0.4, 0.5) is 10.1 Å². The van der Waals surface area contributed by atoms with Crippen LogP contribution in [0.15, 0.2) is 18.2 Å². The van der Waals surface area contributed by atoms with E-state index in [2.05, 4.69) is 5.32 Å². The molecule has 0 saturated heterocycles. The van der Waals surface area contributed by atoms with Crippen molar-refractivity contribution in [2.75, 3.05) is 5.32 Å². The van der Waals surface area contributed by atoms with Crippen molar-refractivity contribution < 1.29 is 9.18 Å². The highest BCUT2D eigenvalue weighted by Gasteiger charge is 2.38. The van der Waals surface area contributed by atoms with Gasteiger partial charge in [-0.3, -0.25) is 4.79 Å². The van der Waals surface area contributed by atoms with Gasteiger partial charge in [0.2, 0.25) is 0 Å². The zero-order valence-electron chi connectivity index (χ0n) is 8.29. The van der Waals surface area contributed by atoms with E-state index >= 15 is 0 Å². The third kappa shape index (κ3) is 1.26. The van der Waals surface area contributed by atoms with Gasteiger partial charge in [0, 0.05) is 18.0 Å². The molecule has 1 aromatic rings. The summed E-state index contributed by atoms with van der Waals surface area (Å²) in [6, 6.07) is 4.63. The zero-order chi connectivity index (χ0) is 10.4. The van der Waals surface area contributed by atoms with Crippen molar-refractivity contribution >= 4 is 11.5 Å². The number of halogens is 1. The number of Topliss-reactive ketones (excluding diaryl/α,β-unsaturated/α-hetero) is 1. The lowest BCUT2D eigenvalue weighted by Gasteiger charge is -2.23. The Bertz CT molecular complexity index is 430. The van der Waals surface area contributed by atoms with E-state index in [-0.39, 0.29) is 23.6 Å². The fourth-order valence-electron chi connectivity index (χ4n) is 2.70. The van der Waals surface area contributed by atoms with E-state index in [4.69, 9.17) is 0 Å². The number of hydrogen-bond donors (Lipinski definition) is 1. The van der Waals surface area contributed by atoms with Crippen LogP contribution in [0.5, 0.6) is 0 Å². The smallest absolute Gasteiger partial charge is 0.155 e. The number of carbonyl (C=O) groups excluding carboxylic acids is 1. The molecule has 1 aliphatic carbocycles. The van der Waals surface area contributed by atoms with Crippen LogP contribution >= 0.6 is 0 Å². The van der Waals surface area contributed by atoms with E-state index in [9.17, 15) is 9.18 Å². The van der Waals surface area contributed by atoms with E-state index in [0.29, 0.717) is 6.42 Å². The van der Waals surface area contributed by atoms with Gasteiger partial charge < -0.3 is 5.32 Å². The Labute approximate surface area is 87.5 Å². The van der Waals surface area contributed by atoms with Gasteiger partial charge >= 0.3 is 0 Å². The standard InChI is InChI=1S/C12H12FNO/c13-7-4-5-10-9(6-7)8-2-1-3-11(15)12(8)14-10/h4-6,8,12,14H,1-3H2/t8-,12-/m1/s1. The average molecular weight is 205 g/mol. The van der Waals surface area contributed by atoms with Crippen molar-refractivity contribution in [3.8, 4) is 0 Å². The van der Waals surface area contributed by atoms with Crippen molar-refractivity contribution in [3.63, 3.8) is 0 Å². The van der Waals surface area contributed by atoms with Gasteiger partial charge in [0.05, 0.1) is 6.04 Å². The second kappa shape index (κ2) is 3.05. The lowest BCUT2D eigenvalue weighted by atomic mass is 9.82. The minimum absolute atomic E-state index is 0.101. The number of carbonyl (C=O) groups is 1. The summed E-state index contributed by atoms with van der Waals surface area (Å²) in [5, 5.41) is 3.20. The molecule has 3 heteroatoms. The molecule has 1 saturated carbocycles. The largest absolute Gasteiger partial charge is 0.375 e. The molecular weight excluding hydrogens is 193 g/mol. The first-order chi connectivity index (χ1) is 7.25. The van der Waals surface area contributed by atoms with E-state index in [0.717, 1.165) is 24.1 Å². The Kier molecular flexibility index (Phi) is 1.81. The molecule has 1 aromatic carbocycles. The molecule has 0 bridgehead atoms. The second-order valence-corrected chi connectivity index (χ2v) is 4.32. The van der Waals surface area contributed by atoms with Gasteiger partial charge in [-0.1, -0.05) is 0 Å². The third-order valence-electron chi connectivity index (χ3n) is 3.41. The van der Waals surface area contributed by atoms with Crippen molar-refractivity contribution in [2.24, 2.45) is 0 Å². The van der Waals surface area contributed by atoms with Gasteiger partial charge in [-0.25, -0.2) is 4.39 Å². The summed E-state index contributed by atoms with van der Waals surface area (Å²) in [5.41, 5.74) is 1.91. The molecular formula is C12H12FNO. The summed E-state index contributed by atoms with van der Waals surface area (Å²) in [5.74, 6) is 0.244. The van der Waals surface area contributed by atoms with Crippen molar-refractivity contribution in [1.29, 1.82) is 0 Å². The Hall–Kier alpha value is -1.38. The van der Waals surface area contributed by atoms with Crippen LogP contribution in [0, 0.1) is 5.82 Å². The van der Waals surface area contributed by atoms with Gasteiger partial charge in [-0.2, -0.15) is 0 Å². The predicted octanol–water partition coefficient (Wildman–Crippen LogP) is 2.46. The number of nitrogens with one attached hydrogen (secondary N) is 1. The Morgan fingerprint density at radius 3 is 3.13 bits per heavy atom. The summed E-state index contributed by atoms with van der Waals surface area (Å²) < 4.78 is 13.1. The normalized spacial score (nSPS) is 28.2. The summed E-state index contributed by atoms with van der Waals surface area (Å²) in [6.07, 6.45) is 2.57. The topological polar surface area (TPSA) is 29.1 Å². The first-order valence-electron chi connectivity index (χ1n) is 5.34. The van der Waals surface area contributed by atoms with Crippen LogP contribution in [0.25, 0.3) is 0 Å². The minimum atomic E-state index is -0.214. The minimum Gasteiger partial charge on any atom is -0.375 e. The molecule has 2 atom stereocenters. The highest BCUT2D eigenvalue weighted by atomic mass is 19.1. The maximum absolute atomic E-state index is 13.1. The highest BCUT2D eigenvalue weighted by Crippen LogP contribution is 2.42. The number of anilines is 1. The summed E-state index contributed by atoms with van der Waals surface area (Å²) in [6.45, 7) is 0. The monoisotopic (exact) mass is 205 g/mol. The molecule has 1 fully saturated rings. The SMILES string of the molecule is O=C1CCC[C@@H]2c3cc(F)ccc3N[C@@H]12. The number of fused-ring (bicyclic) bond motifs is 3. The fourth-order valence-corrected chi connectivity index (χ4v) is 2.70. The summed E-state index contributed by atoms with van der Waals surface area (Å²) >= 11 is 0. The van der Waals surface area contributed by atoms with Gasteiger partial charge in [-0.05, 0) is 36.6 Å². The molecule has 78 valence electrons. The quantitative estimate of drug-likeness (QED) is 0.704. The van der Waals surface area contributed by atoms with E-state index < -0.39 is 0 Å². The molecule has 1 aliphatic heterocycles. The molecule has 15 heavy (non-hydrogen) atoms. The number of rotatable bonds is 0. The number of ketones is 1. The first-order valence-corrected chi connectivity index (χ1v) is 5.34. The highest BCUT2D eigenvalue weighted by molar-refractivity contribution is 5.91. The van der Waals surface area contributed by atoms with E-state index in [1.54, 1.807) is 12.1 Å². The van der Waals surface area contributed by atoms with Gasteiger partial charge in [0.15, 0.2) is 5.78 Å². The van der Waals surface area contributed by atoms with Gasteiger partial charge in [0.25, 0.3) is 0 Å². The van der Waals surface area contributed by atoms with Gasteiger partial charge in [0.1, 0.15) is 5.82 Å². The molecule has 0 aromatic heterocycles. The van der Waals surface area contributed by atoms with Crippen LogP contribution in [-0.4, -0.2) is 11.8 Å². The first kappa shape index (κ1) is 8.89. The van der Waals surface area contributed by atoms with Crippen LogP contribution in [0.3, 0.4) is 0 Å². The van der Waals surface area contributed by atoms with Crippen molar-refractivity contribution in [3.05, 3.63) is 29.6 Å². The maximum Gasteiger partial charge on any atom is 0.155 e. The van der Waals surface area contributed by atoms with Crippen LogP contribution in [0.1, 0.15) is 30.7 Å². The Balaban J connectivity index is 2.05. The Morgan fingerprint density at radius 1 is 1.40 bits per heavy atom. The second-order valence-electron chi connectivity index (χ2n) is 4.32. The van der Waals surface area contributed by atoms with E-state index in [1.165, 1.54) is 6.07 Å². The number of benzene rings is 1. The molecule has 2 nitrogen and oxygen atoms in total. The Morgan fingerprint density at radius 2 is 2.27 bits per heavy atom. The molecule has 1 N–H and O–H groups in total. The van der Waals surface area contributed by atoms with Crippen LogP contribution in [0.2, 0.25) is 0 Å². The zero-order valence-corrected chi connectivity index (χ0v) is 8.29. The molecule has 0 unspecified atom stereocenters. The molecule has 2 aliphatic rings. The average Bonchev–Trinajstić information content (AvgIpc) is 2.58. The maximum atomic E-state index is 13.1. The lowest BCUT2D eigenvalue weighted by molar-refractivity contribution is -0.121. The summed E-state index contributed by atoms with van der Waals surface area (Å²) in [7, 11) is 0. The molecule has 1 heterocycles.